The molecule has 3 aromatic rings. The predicted octanol–water partition coefficient (Wildman–Crippen LogP) is 3.19. The lowest BCUT2D eigenvalue weighted by Crippen LogP contribution is -2.36. The molecule has 0 radical (unpaired) electrons. The molecular formula is C20H27N5O. The summed E-state index contributed by atoms with van der Waals surface area (Å²) >= 11 is 0. The van der Waals surface area contributed by atoms with E-state index in [-0.39, 0.29) is 6.10 Å². The molecule has 1 fully saturated rings. The Balaban J connectivity index is 1.46. The summed E-state index contributed by atoms with van der Waals surface area (Å²) in [6, 6.07) is 8.83. The summed E-state index contributed by atoms with van der Waals surface area (Å²) in [4.78, 5) is 9.07. The number of aromatic nitrogens is 4. The number of nitrogens with one attached hydrogen (secondary N) is 1. The minimum absolute atomic E-state index is 0.114. The Morgan fingerprint density at radius 2 is 2.19 bits per heavy atom. The number of hydrogen-bond donors (Lipinski definition) is 1. The maximum Gasteiger partial charge on any atom is 0.123 e. The molecule has 1 aromatic carbocycles. The van der Waals surface area contributed by atoms with Crippen LogP contribution in [0.4, 0.5) is 0 Å². The normalized spacial score (nSPS) is 20.7. The van der Waals surface area contributed by atoms with Crippen LogP contribution in [0.15, 0.2) is 36.8 Å². The van der Waals surface area contributed by atoms with Crippen LogP contribution >= 0.6 is 0 Å². The lowest BCUT2D eigenvalue weighted by molar-refractivity contribution is -0.00418. The zero-order chi connectivity index (χ0) is 17.9. The number of para-hydroxylation sites is 2. The molecule has 0 unspecified atom stereocenters. The van der Waals surface area contributed by atoms with Crippen LogP contribution in [-0.4, -0.2) is 31.8 Å². The molecule has 1 aliphatic rings. The van der Waals surface area contributed by atoms with E-state index in [1.807, 2.05) is 24.1 Å². The molecule has 6 nitrogen and oxygen atoms in total. The molecule has 26 heavy (non-hydrogen) atoms. The average molecular weight is 353 g/mol. The first-order valence-electron chi connectivity index (χ1n) is 9.51. The first-order valence-corrected chi connectivity index (χ1v) is 9.51. The van der Waals surface area contributed by atoms with Crippen LogP contribution in [0.5, 0.6) is 0 Å². The molecule has 0 amide bonds. The van der Waals surface area contributed by atoms with Gasteiger partial charge in [0.2, 0.25) is 0 Å². The van der Waals surface area contributed by atoms with Crippen LogP contribution in [0, 0.1) is 0 Å². The van der Waals surface area contributed by atoms with E-state index in [1.165, 1.54) is 5.52 Å². The van der Waals surface area contributed by atoms with Crippen molar-refractivity contribution in [1.82, 2.24) is 24.4 Å². The Bertz CT molecular complexity index is 868. The van der Waals surface area contributed by atoms with Crippen LogP contribution in [0.25, 0.3) is 11.0 Å². The maximum absolute atomic E-state index is 5.97. The third-order valence-electron chi connectivity index (χ3n) is 5.20. The summed E-state index contributed by atoms with van der Waals surface area (Å²) < 4.78 is 10.4. The summed E-state index contributed by atoms with van der Waals surface area (Å²) in [6.45, 7) is 4.78. The molecule has 4 rings (SSSR count). The number of benzene rings is 1. The lowest BCUT2D eigenvalue weighted by atomic mass is 10.0. The number of rotatable bonds is 6. The van der Waals surface area contributed by atoms with E-state index in [9.17, 15) is 0 Å². The van der Waals surface area contributed by atoms with Gasteiger partial charge in [-0.05, 0) is 31.4 Å². The van der Waals surface area contributed by atoms with E-state index < -0.39 is 0 Å². The van der Waals surface area contributed by atoms with Crippen molar-refractivity contribution in [2.24, 2.45) is 7.05 Å². The van der Waals surface area contributed by atoms with Gasteiger partial charge in [-0.2, -0.15) is 0 Å². The van der Waals surface area contributed by atoms with Gasteiger partial charge in [0.25, 0.3) is 0 Å². The van der Waals surface area contributed by atoms with E-state index in [2.05, 4.69) is 46.1 Å². The fourth-order valence-corrected chi connectivity index (χ4v) is 3.84. The number of nitrogens with zero attached hydrogens (tertiary/aromatic N) is 4. The second kappa shape index (κ2) is 7.60. The SMILES string of the molecule is CCCn1c(CN[C@@H]2CCO[C@H](c3cncn3C)C2)nc2ccccc21. The van der Waals surface area contributed by atoms with Crippen molar-refractivity contribution in [2.45, 2.75) is 51.4 Å². The van der Waals surface area contributed by atoms with Gasteiger partial charge in [0.15, 0.2) is 0 Å². The molecule has 0 aliphatic carbocycles. The van der Waals surface area contributed by atoms with E-state index >= 15 is 0 Å². The maximum atomic E-state index is 5.97. The fourth-order valence-electron chi connectivity index (χ4n) is 3.84. The molecule has 3 heterocycles. The highest BCUT2D eigenvalue weighted by molar-refractivity contribution is 5.75. The van der Waals surface area contributed by atoms with E-state index in [1.54, 1.807) is 0 Å². The number of hydrogen-bond acceptors (Lipinski definition) is 4. The van der Waals surface area contributed by atoms with Crippen LogP contribution in [0.1, 0.15) is 43.8 Å². The number of imidazole rings is 2. The number of ether oxygens (including phenoxy) is 1. The molecule has 6 heteroatoms. The largest absolute Gasteiger partial charge is 0.372 e. The monoisotopic (exact) mass is 353 g/mol. The summed E-state index contributed by atoms with van der Waals surface area (Å²) in [5.41, 5.74) is 3.46. The molecular weight excluding hydrogens is 326 g/mol. The quantitative estimate of drug-likeness (QED) is 0.739. The number of fused-ring (bicyclic) bond motifs is 1. The van der Waals surface area contributed by atoms with Gasteiger partial charge in [-0.15, -0.1) is 0 Å². The predicted molar refractivity (Wildman–Crippen MR) is 102 cm³/mol. The highest BCUT2D eigenvalue weighted by Crippen LogP contribution is 2.28. The van der Waals surface area contributed by atoms with Crippen LogP contribution < -0.4 is 5.32 Å². The molecule has 1 saturated heterocycles. The van der Waals surface area contributed by atoms with Crippen molar-refractivity contribution >= 4 is 11.0 Å². The van der Waals surface area contributed by atoms with Crippen molar-refractivity contribution in [1.29, 1.82) is 0 Å². The standard InChI is InChI=1S/C20H27N5O/c1-3-9-25-17-7-5-4-6-16(17)23-20(25)13-22-15-8-10-26-19(11-15)18-12-21-14-24(18)2/h4-7,12,14-15,19,22H,3,8-11,13H2,1-2H3/t15-,19+/m1/s1. The lowest BCUT2D eigenvalue weighted by Gasteiger charge is -2.30. The van der Waals surface area contributed by atoms with Gasteiger partial charge in [0.1, 0.15) is 11.9 Å². The Labute approximate surface area is 154 Å². The molecule has 1 N–H and O–H groups in total. The van der Waals surface area contributed by atoms with Crippen molar-refractivity contribution in [3.63, 3.8) is 0 Å². The molecule has 2 aromatic heterocycles. The van der Waals surface area contributed by atoms with Crippen LogP contribution in [0.2, 0.25) is 0 Å². The van der Waals surface area contributed by atoms with Gasteiger partial charge in [-0.3, -0.25) is 0 Å². The third kappa shape index (κ3) is 3.39. The summed E-state index contributed by atoms with van der Waals surface area (Å²) in [5, 5.41) is 3.72. The van der Waals surface area contributed by atoms with Gasteiger partial charge in [-0.25, -0.2) is 9.97 Å². The minimum atomic E-state index is 0.114. The molecule has 2 atom stereocenters. The van der Waals surface area contributed by atoms with Crippen molar-refractivity contribution in [3.05, 3.63) is 48.3 Å². The summed E-state index contributed by atoms with van der Waals surface area (Å²) in [6.07, 6.45) is 6.96. The zero-order valence-electron chi connectivity index (χ0n) is 15.6. The van der Waals surface area contributed by atoms with E-state index in [0.29, 0.717) is 6.04 Å². The first kappa shape index (κ1) is 17.2. The van der Waals surface area contributed by atoms with Gasteiger partial charge in [-0.1, -0.05) is 19.1 Å². The molecule has 138 valence electrons. The molecule has 0 spiro atoms. The van der Waals surface area contributed by atoms with E-state index in [0.717, 1.165) is 56.0 Å². The van der Waals surface area contributed by atoms with Gasteiger partial charge in [0, 0.05) is 26.2 Å². The second-order valence-electron chi connectivity index (χ2n) is 7.06. The fraction of sp³-hybridized carbons (Fsp3) is 0.500. The Hall–Kier alpha value is -2.18. The summed E-state index contributed by atoms with van der Waals surface area (Å²) in [5.74, 6) is 1.12. The van der Waals surface area contributed by atoms with Gasteiger partial charge in [0.05, 0.1) is 35.8 Å². The van der Waals surface area contributed by atoms with E-state index in [4.69, 9.17) is 9.72 Å². The first-order chi connectivity index (χ1) is 12.8. The van der Waals surface area contributed by atoms with Crippen LogP contribution in [-0.2, 0) is 24.9 Å². The Kier molecular flexibility index (Phi) is 5.04. The summed E-state index contributed by atoms with van der Waals surface area (Å²) in [7, 11) is 2.02. The molecule has 0 bridgehead atoms. The Morgan fingerprint density at radius 1 is 1.31 bits per heavy atom. The smallest absolute Gasteiger partial charge is 0.123 e. The molecule has 1 aliphatic heterocycles. The van der Waals surface area contributed by atoms with Gasteiger partial charge < -0.3 is 19.2 Å². The third-order valence-corrected chi connectivity index (χ3v) is 5.20. The van der Waals surface area contributed by atoms with Crippen LogP contribution in [0.3, 0.4) is 0 Å². The molecule has 0 saturated carbocycles. The highest BCUT2D eigenvalue weighted by atomic mass is 16.5. The van der Waals surface area contributed by atoms with Crippen molar-refractivity contribution in [2.75, 3.05) is 6.61 Å². The number of aryl methyl sites for hydroxylation is 2. The van der Waals surface area contributed by atoms with Crippen molar-refractivity contribution in [3.8, 4) is 0 Å². The van der Waals surface area contributed by atoms with Gasteiger partial charge >= 0.3 is 0 Å². The minimum Gasteiger partial charge on any atom is -0.372 e. The zero-order valence-corrected chi connectivity index (χ0v) is 15.6. The van der Waals surface area contributed by atoms with Crippen molar-refractivity contribution < 1.29 is 4.74 Å². The highest BCUT2D eigenvalue weighted by Gasteiger charge is 2.26. The Morgan fingerprint density at radius 3 is 3.00 bits per heavy atom. The topological polar surface area (TPSA) is 56.9 Å². The second-order valence-corrected chi connectivity index (χ2v) is 7.06. The average Bonchev–Trinajstić information content (AvgIpc) is 3.24.